The zero-order valence-electron chi connectivity index (χ0n) is 10.2. The Morgan fingerprint density at radius 2 is 0.917 bits per heavy atom. The molecule has 0 aromatic carbocycles. The highest BCUT2D eigenvalue weighted by Crippen LogP contribution is 2.60. The molecule has 0 rings (SSSR count). The lowest BCUT2D eigenvalue weighted by Crippen LogP contribution is -2.72. The van der Waals surface area contributed by atoms with Crippen LogP contribution in [0.5, 0.6) is 0 Å². The van der Waals surface area contributed by atoms with Crippen molar-refractivity contribution in [1.82, 2.24) is 0 Å². The molecule has 0 saturated heterocycles. The van der Waals surface area contributed by atoms with Crippen molar-refractivity contribution in [3.63, 3.8) is 0 Å². The number of hydrogen-bond acceptors (Lipinski definition) is 3. The molecule has 0 amide bonds. The predicted molar refractivity (Wildman–Crippen MR) is 47.3 cm³/mol. The van der Waals surface area contributed by atoms with Crippen LogP contribution in [0.15, 0.2) is 0 Å². The molecule has 0 spiro atoms. The van der Waals surface area contributed by atoms with Gasteiger partial charge in [0.2, 0.25) is 0 Å². The van der Waals surface area contributed by atoms with E-state index in [0.29, 0.717) is 0 Å². The molecule has 0 aromatic heterocycles. The van der Waals surface area contributed by atoms with E-state index in [1.807, 2.05) is 0 Å². The second-order valence-corrected chi connectivity index (χ2v) is 5.58. The van der Waals surface area contributed by atoms with Crippen LogP contribution >= 0.6 is 0 Å². The van der Waals surface area contributed by atoms with Gasteiger partial charge in [-0.15, -0.1) is 0 Å². The van der Waals surface area contributed by atoms with Gasteiger partial charge in [0.05, 0.1) is 0 Å². The average Bonchev–Trinajstić information content (AvgIpc) is 2.33. The van der Waals surface area contributed by atoms with Crippen LogP contribution in [0.4, 0.5) is 52.7 Å². The summed E-state index contributed by atoms with van der Waals surface area (Å²) >= 11 is 0. The number of aldehydes is 1. The molecule has 4 nitrogen and oxygen atoms in total. The summed E-state index contributed by atoms with van der Waals surface area (Å²) in [5, 5.41) is -6.66. The zero-order chi connectivity index (χ0) is 20.2. The van der Waals surface area contributed by atoms with Crippen LogP contribution in [0, 0.1) is 0 Å². The summed E-state index contributed by atoms with van der Waals surface area (Å²) in [6.45, 7) is 0. The van der Waals surface area contributed by atoms with Gasteiger partial charge in [0, 0.05) is 0 Å². The van der Waals surface area contributed by atoms with E-state index in [9.17, 15) is 65.9 Å². The fourth-order valence-corrected chi connectivity index (χ4v) is 1.66. The Bertz CT molecular complexity index is 607. The molecular weight excluding hydrogens is 408 g/mol. The Morgan fingerprint density at radius 1 is 0.625 bits per heavy atom. The molecule has 0 radical (unpaired) electrons. The minimum atomic E-state index is -8.13. The average molecular weight is 410 g/mol. The Labute approximate surface area is 123 Å². The predicted octanol–water partition coefficient (Wildman–Crippen LogP) is 2.84. The van der Waals surface area contributed by atoms with Gasteiger partial charge in [0.15, 0.2) is 6.29 Å². The molecule has 1 unspecified atom stereocenters. The Hall–Kier alpha value is -1.26. The molecule has 0 fully saturated rings. The summed E-state index contributed by atoms with van der Waals surface area (Å²) in [7, 11) is -7.32. The van der Waals surface area contributed by atoms with Crippen molar-refractivity contribution in [2.24, 2.45) is 0 Å². The minimum Gasteiger partial charge on any atom is -0.298 e. The van der Waals surface area contributed by atoms with Gasteiger partial charge in [0.25, 0.3) is 0 Å². The molecule has 144 valence electrons. The molecule has 0 aliphatic carbocycles. The number of hydrogen-bond donors (Lipinski definition) is 1. The van der Waals surface area contributed by atoms with Crippen LogP contribution in [0.1, 0.15) is 0 Å². The highest BCUT2D eigenvalue weighted by Gasteiger charge is 2.92. The fraction of sp³-hybridized carbons (Fsp3) is 0.857. The summed E-state index contributed by atoms with van der Waals surface area (Å²) in [4.78, 5) is 9.96. The van der Waals surface area contributed by atoms with Gasteiger partial charge in [-0.3, -0.25) is 9.35 Å². The Balaban J connectivity index is 6.67. The van der Waals surface area contributed by atoms with Crippen molar-refractivity contribution in [1.29, 1.82) is 0 Å². The lowest BCUT2D eigenvalue weighted by Gasteiger charge is -2.39. The van der Waals surface area contributed by atoms with Gasteiger partial charge in [-0.25, -0.2) is 4.39 Å². The maximum absolute atomic E-state index is 13.2. The molecule has 0 bridgehead atoms. The highest BCUT2D eigenvalue weighted by atomic mass is 32.2. The summed E-state index contributed by atoms with van der Waals surface area (Å²) in [5.74, 6) is -31.9. The minimum absolute atomic E-state index is 2.38. The Kier molecular flexibility index (Phi) is 5.09. The molecular formula is C7H2F12O4S. The third-order valence-corrected chi connectivity index (χ3v) is 3.60. The van der Waals surface area contributed by atoms with Gasteiger partial charge in [-0.1, -0.05) is 0 Å². The standard InChI is InChI=1S/C7H2F12O4S/c8-2(1-20,24(21,22)23)3(9,10)4(11,12)5(13,14)6(15,16)7(17,18)19/h1H,(H,21,22,23). The quantitative estimate of drug-likeness (QED) is 0.416. The molecule has 0 aliphatic heterocycles. The van der Waals surface area contributed by atoms with Gasteiger partial charge < -0.3 is 0 Å². The zero-order valence-corrected chi connectivity index (χ0v) is 11.0. The summed E-state index contributed by atoms with van der Waals surface area (Å²) in [5.41, 5.74) is 0. The van der Waals surface area contributed by atoms with Gasteiger partial charge in [0.1, 0.15) is 0 Å². The van der Waals surface area contributed by atoms with Crippen LogP contribution in [0.3, 0.4) is 0 Å². The first-order chi connectivity index (χ1) is 10.1. The van der Waals surface area contributed by atoms with Crippen molar-refractivity contribution in [3.8, 4) is 0 Å². The number of carbonyl (C=O) groups is 1. The van der Waals surface area contributed by atoms with E-state index in [4.69, 9.17) is 4.55 Å². The monoisotopic (exact) mass is 410 g/mol. The van der Waals surface area contributed by atoms with Crippen molar-refractivity contribution in [3.05, 3.63) is 0 Å². The van der Waals surface area contributed by atoms with E-state index in [1.54, 1.807) is 0 Å². The van der Waals surface area contributed by atoms with Crippen LogP contribution in [-0.4, -0.2) is 54.1 Å². The molecule has 24 heavy (non-hydrogen) atoms. The number of alkyl halides is 12. The van der Waals surface area contributed by atoms with Crippen molar-refractivity contribution in [2.45, 2.75) is 34.9 Å². The third-order valence-electron chi connectivity index (χ3n) is 2.49. The topological polar surface area (TPSA) is 71.4 Å². The molecule has 0 aromatic rings. The second-order valence-electron chi connectivity index (χ2n) is 4.03. The lowest BCUT2D eigenvalue weighted by atomic mass is 9.95. The van der Waals surface area contributed by atoms with Crippen molar-refractivity contribution in [2.75, 3.05) is 0 Å². The molecule has 0 heterocycles. The van der Waals surface area contributed by atoms with Crippen molar-refractivity contribution < 1.29 is 70.5 Å². The van der Waals surface area contributed by atoms with Crippen LogP contribution in [0.25, 0.3) is 0 Å². The van der Waals surface area contributed by atoms with E-state index in [1.165, 1.54) is 0 Å². The van der Waals surface area contributed by atoms with Crippen LogP contribution in [-0.2, 0) is 14.9 Å². The maximum Gasteiger partial charge on any atom is 0.460 e. The maximum atomic E-state index is 13.2. The second kappa shape index (κ2) is 5.37. The van der Waals surface area contributed by atoms with Gasteiger partial charge in [-0.2, -0.15) is 56.7 Å². The first kappa shape index (κ1) is 22.7. The van der Waals surface area contributed by atoms with Crippen LogP contribution in [0.2, 0.25) is 0 Å². The summed E-state index contributed by atoms with van der Waals surface area (Å²) < 4.78 is 179. The van der Waals surface area contributed by atoms with E-state index in [2.05, 4.69) is 0 Å². The van der Waals surface area contributed by atoms with Gasteiger partial charge in [-0.05, 0) is 0 Å². The number of rotatable bonds is 6. The van der Waals surface area contributed by atoms with E-state index >= 15 is 0 Å². The van der Waals surface area contributed by atoms with Crippen molar-refractivity contribution >= 4 is 16.4 Å². The first-order valence-electron chi connectivity index (χ1n) is 4.76. The number of carbonyl (C=O) groups excluding carboxylic acids is 1. The smallest absolute Gasteiger partial charge is 0.298 e. The molecule has 0 aliphatic rings. The number of halogens is 12. The lowest BCUT2D eigenvalue weighted by molar-refractivity contribution is -0.426. The van der Waals surface area contributed by atoms with E-state index in [-0.39, 0.29) is 0 Å². The molecule has 17 heteroatoms. The molecule has 0 saturated carbocycles. The normalized spacial score (nSPS) is 18.2. The third kappa shape index (κ3) is 2.60. The molecule has 1 N–H and O–H groups in total. The Morgan fingerprint density at radius 3 is 1.12 bits per heavy atom. The fourth-order valence-electron chi connectivity index (χ4n) is 1.08. The van der Waals surface area contributed by atoms with E-state index < -0.39 is 51.3 Å². The van der Waals surface area contributed by atoms with E-state index in [0.717, 1.165) is 0 Å². The largest absolute Gasteiger partial charge is 0.460 e. The highest BCUT2D eigenvalue weighted by molar-refractivity contribution is 7.87. The summed E-state index contributed by atoms with van der Waals surface area (Å²) in [6.07, 6.45) is -9.94. The van der Waals surface area contributed by atoms with Gasteiger partial charge >= 0.3 is 45.0 Å². The molecule has 1 atom stereocenters. The first-order valence-corrected chi connectivity index (χ1v) is 6.20. The van der Waals surface area contributed by atoms with Crippen LogP contribution < -0.4 is 0 Å². The summed E-state index contributed by atoms with van der Waals surface area (Å²) in [6, 6.07) is 0. The SMILES string of the molecule is O=CC(F)(C(F)(F)C(F)(F)C(F)(F)C(F)(F)C(F)(F)F)S(=O)(=O)O.